The molecule has 1 fully saturated rings. The van der Waals surface area contributed by atoms with Crippen molar-refractivity contribution in [3.63, 3.8) is 0 Å². The minimum atomic E-state index is -1.51. The van der Waals surface area contributed by atoms with Crippen molar-refractivity contribution in [2.45, 2.75) is 38.4 Å². The predicted octanol–water partition coefficient (Wildman–Crippen LogP) is 2.50. The number of hydrogen-bond acceptors (Lipinski definition) is 4. The number of imide groups is 1. The number of amides is 4. The molecule has 8 nitrogen and oxygen atoms in total. The van der Waals surface area contributed by atoms with Gasteiger partial charge in [-0.2, -0.15) is 0 Å². The number of rotatable bonds is 6. The van der Waals surface area contributed by atoms with Crippen LogP contribution in [-0.4, -0.2) is 33.1 Å². The molecule has 4 rings (SSSR count). The highest BCUT2D eigenvalue weighted by molar-refractivity contribution is 6.08. The van der Waals surface area contributed by atoms with Gasteiger partial charge in [-0.25, -0.2) is 4.79 Å². The van der Waals surface area contributed by atoms with E-state index < -0.39 is 17.5 Å². The molecule has 0 bridgehead atoms. The first kappa shape index (κ1) is 20.5. The monoisotopic (exact) mass is 420 g/mol. The van der Waals surface area contributed by atoms with Gasteiger partial charge in [-0.15, -0.1) is 0 Å². The van der Waals surface area contributed by atoms with Crippen LogP contribution in [0.1, 0.15) is 30.5 Å². The van der Waals surface area contributed by atoms with E-state index in [-0.39, 0.29) is 30.8 Å². The lowest BCUT2D eigenvalue weighted by molar-refractivity contribution is -0.131. The number of urea groups is 1. The van der Waals surface area contributed by atoms with Crippen molar-refractivity contribution in [2.75, 3.05) is 0 Å². The molecule has 1 aliphatic rings. The number of aromatic nitrogens is 1. The Morgan fingerprint density at radius 2 is 1.94 bits per heavy atom. The standard InChI is InChI=1S/C23H24N4O4/c1-14-8-9-17-12-27(20(29)18(17)10-14)13-23(21(30)25-22(31)26-23)11-19(28)24-15(2)16-6-4-3-5-7-16/h3-10,12,15,29H,11,13H2,1-2H3,(H,24,28)(H2,25,26,30,31)/t15-,23?/m0/s1. The number of carbonyl (C=O) groups is 3. The van der Waals surface area contributed by atoms with Crippen molar-refractivity contribution in [1.29, 1.82) is 0 Å². The van der Waals surface area contributed by atoms with Crippen LogP contribution in [0.25, 0.3) is 10.8 Å². The Bertz CT molecular complexity index is 1170. The maximum absolute atomic E-state index is 12.8. The summed E-state index contributed by atoms with van der Waals surface area (Å²) in [5, 5.41) is 19.8. The van der Waals surface area contributed by atoms with Gasteiger partial charge in [0.15, 0.2) is 5.88 Å². The smallest absolute Gasteiger partial charge is 0.322 e. The zero-order chi connectivity index (χ0) is 22.2. The first-order chi connectivity index (χ1) is 14.8. The molecule has 160 valence electrons. The Labute approximate surface area is 179 Å². The van der Waals surface area contributed by atoms with E-state index in [0.29, 0.717) is 5.39 Å². The molecular weight excluding hydrogens is 396 g/mol. The van der Waals surface area contributed by atoms with Gasteiger partial charge in [-0.05, 0) is 25.5 Å². The van der Waals surface area contributed by atoms with E-state index in [0.717, 1.165) is 16.5 Å². The number of carbonyl (C=O) groups excluding carboxylic acids is 3. The third kappa shape index (κ3) is 3.96. The Hall–Kier alpha value is -3.81. The summed E-state index contributed by atoms with van der Waals surface area (Å²) >= 11 is 0. The van der Waals surface area contributed by atoms with E-state index >= 15 is 0 Å². The van der Waals surface area contributed by atoms with Crippen LogP contribution in [0.3, 0.4) is 0 Å². The molecule has 1 aliphatic heterocycles. The lowest BCUT2D eigenvalue weighted by atomic mass is 9.94. The SMILES string of the molecule is Cc1ccc2cn(CC3(CC(=O)N[C@@H](C)c4ccccc4)NC(=O)NC3=O)c(O)c2c1. The lowest BCUT2D eigenvalue weighted by Crippen LogP contribution is -2.53. The lowest BCUT2D eigenvalue weighted by Gasteiger charge is -2.27. The topological polar surface area (TPSA) is 112 Å². The minimum Gasteiger partial charge on any atom is -0.494 e. The maximum Gasteiger partial charge on any atom is 0.322 e. The number of nitrogens with one attached hydrogen (secondary N) is 3. The number of fused-ring (bicyclic) bond motifs is 1. The summed E-state index contributed by atoms with van der Waals surface area (Å²) < 4.78 is 1.49. The van der Waals surface area contributed by atoms with Gasteiger partial charge in [0.1, 0.15) is 5.54 Å². The van der Waals surface area contributed by atoms with Crippen LogP contribution in [0.4, 0.5) is 4.79 Å². The quantitative estimate of drug-likeness (QED) is 0.459. The molecule has 8 heteroatoms. The zero-order valence-corrected chi connectivity index (χ0v) is 17.3. The normalized spacial score (nSPS) is 19.2. The van der Waals surface area contributed by atoms with Gasteiger partial charge in [0.2, 0.25) is 5.91 Å². The fourth-order valence-corrected chi connectivity index (χ4v) is 3.98. The van der Waals surface area contributed by atoms with E-state index in [1.165, 1.54) is 4.57 Å². The summed E-state index contributed by atoms with van der Waals surface area (Å²) in [6, 6.07) is 14.1. The molecular formula is C23H24N4O4. The molecule has 0 radical (unpaired) electrons. The fourth-order valence-electron chi connectivity index (χ4n) is 3.98. The van der Waals surface area contributed by atoms with Crippen molar-refractivity contribution < 1.29 is 19.5 Å². The summed E-state index contributed by atoms with van der Waals surface area (Å²) in [4.78, 5) is 37.5. The summed E-state index contributed by atoms with van der Waals surface area (Å²) in [5.41, 5.74) is 0.394. The molecule has 2 aromatic carbocycles. The van der Waals surface area contributed by atoms with Gasteiger partial charge in [-0.3, -0.25) is 14.9 Å². The molecule has 1 saturated heterocycles. The Morgan fingerprint density at radius 3 is 2.61 bits per heavy atom. The molecule has 0 spiro atoms. The van der Waals surface area contributed by atoms with Gasteiger partial charge in [-0.1, -0.05) is 48.0 Å². The third-order valence-electron chi connectivity index (χ3n) is 5.61. The van der Waals surface area contributed by atoms with Crippen molar-refractivity contribution in [3.8, 4) is 5.88 Å². The van der Waals surface area contributed by atoms with Gasteiger partial charge < -0.3 is 20.3 Å². The first-order valence-electron chi connectivity index (χ1n) is 10.0. The van der Waals surface area contributed by atoms with Crippen LogP contribution in [0.15, 0.2) is 54.7 Å². The average Bonchev–Trinajstić information content (AvgIpc) is 3.17. The van der Waals surface area contributed by atoms with E-state index in [2.05, 4.69) is 16.0 Å². The second-order valence-electron chi connectivity index (χ2n) is 8.04. The fraction of sp³-hybridized carbons (Fsp3) is 0.261. The van der Waals surface area contributed by atoms with Crippen LogP contribution < -0.4 is 16.0 Å². The summed E-state index contributed by atoms with van der Waals surface area (Å²) in [5.74, 6) is -1.01. The molecule has 4 N–H and O–H groups in total. The highest BCUT2D eigenvalue weighted by atomic mass is 16.3. The number of benzene rings is 2. The molecule has 0 aliphatic carbocycles. The maximum atomic E-state index is 12.8. The Morgan fingerprint density at radius 1 is 1.19 bits per heavy atom. The Balaban J connectivity index is 1.59. The molecule has 1 unspecified atom stereocenters. The van der Waals surface area contributed by atoms with E-state index in [9.17, 15) is 19.5 Å². The van der Waals surface area contributed by atoms with Crippen molar-refractivity contribution >= 4 is 28.6 Å². The van der Waals surface area contributed by atoms with E-state index in [1.807, 2.05) is 62.4 Å². The van der Waals surface area contributed by atoms with Gasteiger partial charge in [0.25, 0.3) is 5.91 Å². The second kappa shape index (κ2) is 7.79. The van der Waals surface area contributed by atoms with Crippen LogP contribution in [0.2, 0.25) is 0 Å². The number of nitrogens with zero attached hydrogens (tertiary/aromatic N) is 1. The third-order valence-corrected chi connectivity index (χ3v) is 5.61. The molecule has 1 aromatic heterocycles. The van der Waals surface area contributed by atoms with E-state index in [4.69, 9.17) is 0 Å². The van der Waals surface area contributed by atoms with Crippen molar-refractivity contribution in [3.05, 3.63) is 65.9 Å². The molecule has 2 heterocycles. The average molecular weight is 420 g/mol. The highest BCUT2D eigenvalue weighted by Gasteiger charge is 2.48. The van der Waals surface area contributed by atoms with Gasteiger partial charge in [0.05, 0.1) is 19.0 Å². The van der Waals surface area contributed by atoms with Gasteiger partial charge >= 0.3 is 6.03 Å². The summed E-state index contributed by atoms with van der Waals surface area (Å²) in [6.45, 7) is 3.68. The first-order valence-corrected chi connectivity index (χ1v) is 10.0. The number of aromatic hydroxyl groups is 1. The minimum absolute atomic E-state index is 0.0231. The van der Waals surface area contributed by atoms with Crippen LogP contribution in [0, 0.1) is 6.92 Å². The Kier molecular flexibility index (Phi) is 5.14. The zero-order valence-electron chi connectivity index (χ0n) is 17.3. The van der Waals surface area contributed by atoms with Crippen molar-refractivity contribution in [1.82, 2.24) is 20.5 Å². The van der Waals surface area contributed by atoms with Crippen LogP contribution in [-0.2, 0) is 16.1 Å². The van der Waals surface area contributed by atoms with Crippen LogP contribution in [0.5, 0.6) is 5.88 Å². The van der Waals surface area contributed by atoms with E-state index in [1.54, 1.807) is 6.20 Å². The number of hydrogen-bond donors (Lipinski definition) is 4. The van der Waals surface area contributed by atoms with Crippen LogP contribution >= 0.6 is 0 Å². The number of aryl methyl sites for hydroxylation is 1. The molecule has 31 heavy (non-hydrogen) atoms. The molecule has 4 amide bonds. The molecule has 3 aromatic rings. The largest absolute Gasteiger partial charge is 0.494 e. The van der Waals surface area contributed by atoms with Crippen molar-refractivity contribution in [2.24, 2.45) is 0 Å². The molecule has 0 saturated carbocycles. The summed E-state index contributed by atoms with van der Waals surface area (Å²) in [7, 11) is 0. The second-order valence-corrected chi connectivity index (χ2v) is 8.04. The highest BCUT2D eigenvalue weighted by Crippen LogP contribution is 2.31. The molecule has 2 atom stereocenters. The summed E-state index contributed by atoms with van der Waals surface area (Å²) in [6.07, 6.45) is 1.43. The van der Waals surface area contributed by atoms with Gasteiger partial charge in [0, 0.05) is 17.0 Å². The predicted molar refractivity (Wildman–Crippen MR) is 115 cm³/mol.